The molecule has 0 aromatic rings. The first-order chi connectivity index (χ1) is 9.98. The summed E-state index contributed by atoms with van der Waals surface area (Å²) in [5.41, 5.74) is -1.14. The van der Waals surface area contributed by atoms with Gasteiger partial charge in [0.2, 0.25) is 0 Å². The molecule has 3 fully saturated rings. The highest BCUT2D eigenvalue weighted by molar-refractivity contribution is 6.74. The van der Waals surface area contributed by atoms with Crippen LogP contribution in [0.15, 0.2) is 0 Å². The zero-order chi connectivity index (χ0) is 16.6. The fourth-order valence-corrected chi connectivity index (χ4v) is 5.12. The van der Waals surface area contributed by atoms with Gasteiger partial charge in [0, 0.05) is 11.8 Å². The molecule has 5 atom stereocenters. The number of carbonyl (C=O) groups is 1. The van der Waals surface area contributed by atoms with Crippen LogP contribution in [0.2, 0.25) is 18.1 Å². The average Bonchev–Trinajstić information content (AvgIpc) is 3.12. The predicted molar refractivity (Wildman–Crippen MR) is 83.9 cm³/mol. The molecule has 2 heterocycles. The summed E-state index contributed by atoms with van der Waals surface area (Å²) >= 11 is 0. The van der Waals surface area contributed by atoms with E-state index in [-0.39, 0.29) is 29.8 Å². The molecule has 0 amide bonds. The minimum Gasteiger partial charge on any atom is -0.461 e. The molecule has 22 heavy (non-hydrogen) atoms. The van der Waals surface area contributed by atoms with Crippen molar-refractivity contribution in [2.75, 3.05) is 13.2 Å². The molecule has 0 aromatic carbocycles. The molecular weight excluding hydrogens is 300 g/mol. The molecule has 1 saturated carbocycles. The highest BCUT2D eigenvalue weighted by Gasteiger charge is 2.75. The third-order valence-corrected chi connectivity index (χ3v) is 10.9. The molecule has 0 unspecified atom stereocenters. The lowest BCUT2D eigenvalue weighted by Crippen LogP contribution is -2.59. The summed E-state index contributed by atoms with van der Waals surface area (Å²) in [5, 5.41) is 9.94. The number of aliphatic hydroxyl groups excluding tert-OH is 1. The molecule has 3 rings (SSSR count). The maximum absolute atomic E-state index is 12.3. The number of aliphatic hydroxyl groups is 1. The van der Waals surface area contributed by atoms with Crippen LogP contribution in [0.4, 0.5) is 0 Å². The quantitative estimate of drug-likeness (QED) is 0.488. The molecule has 6 heteroatoms. The third kappa shape index (κ3) is 2.04. The van der Waals surface area contributed by atoms with Crippen molar-refractivity contribution >= 4 is 14.3 Å². The number of epoxide rings is 1. The molecule has 0 aromatic heterocycles. The van der Waals surface area contributed by atoms with Gasteiger partial charge in [0.05, 0.1) is 19.3 Å². The van der Waals surface area contributed by atoms with Gasteiger partial charge in [-0.05, 0) is 18.1 Å². The highest BCUT2D eigenvalue weighted by Crippen LogP contribution is 2.60. The lowest BCUT2D eigenvalue weighted by Gasteiger charge is -2.47. The van der Waals surface area contributed by atoms with Gasteiger partial charge in [-0.25, -0.2) is 0 Å². The Morgan fingerprint density at radius 3 is 2.45 bits per heavy atom. The van der Waals surface area contributed by atoms with E-state index < -0.39 is 25.3 Å². The fourth-order valence-electron chi connectivity index (χ4n) is 3.76. The third-order valence-electron chi connectivity index (χ3n) is 6.41. The summed E-state index contributed by atoms with van der Waals surface area (Å²) in [7, 11) is -1.96. The van der Waals surface area contributed by atoms with E-state index in [1.54, 1.807) is 0 Å². The predicted octanol–water partition coefficient (Wildman–Crippen LogP) is 2.09. The maximum Gasteiger partial charge on any atom is 0.313 e. The van der Waals surface area contributed by atoms with Crippen LogP contribution in [-0.4, -0.2) is 50.4 Å². The fraction of sp³-hybridized carbons (Fsp3) is 0.938. The summed E-state index contributed by atoms with van der Waals surface area (Å²) in [4.78, 5) is 12.3. The Hall–Kier alpha value is -0.433. The number of rotatable bonds is 3. The van der Waals surface area contributed by atoms with Gasteiger partial charge in [0.15, 0.2) is 8.32 Å². The Morgan fingerprint density at radius 2 is 2.00 bits per heavy atom. The molecule has 2 bridgehead atoms. The molecular formula is C16H28O5Si. The lowest BCUT2D eigenvalue weighted by atomic mass is 9.62. The van der Waals surface area contributed by atoms with Crippen LogP contribution in [0.5, 0.6) is 0 Å². The van der Waals surface area contributed by atoms with E-state index in [9.17, 15) is 9.90 Å². The monoisotopic (exact) mass is 328 g/mol. The van der Waals surface area contributed by atoms with E-state index in [2.05, 4.69) is 33.9 Å². The van der Waals surface area contributed by atoms with E-state index >= 15 is 0 Å². The summed E-state index contributed by atoms with van der Waals surface area (Å²) in [6, 6.07) is 0. The molecule has 0 radical (unpaired) electrons. The van der Waals surface area contributed by atoms with Crippen LogP contribution < -0.4 is 0 Å². The van der Waals surface area contributed by atoms with E-state index in [1.165, 1.54) is 0 Å². The molecule has 1 aliphatic carbocycles. The Bertz CT molecular complexity index is 493. The largest absolute Gasteiger partial charge is 0.461 e. The van der Waals surface area contributed by atoms with E-state index in [4.69, 9.17) is 13.9 Å². The zero-order valence-electron chi connectivity index (χ0n) is 14.4. The molecule has 126 valence electrons. The topological polar surface area (TPSA) is 68.3 Å². The van der Waals surface area contributed by atoms with Gasteiger partial charge in [-0.2, -0.15) is 0 Å². The van der Waals surface area contributed by atoms with Crippen molar-refractivity contribution in [3.63, 3.8) is 0 Å². The highest BCUT2D eigenvalue weighted by atomic mass is 28.4. The molecule has 2 aliphatic heterocycles. The smallest absolute Gasteiger partial charge is 0.313 e. The number of carbonyl (C=O) groups excluding carboxylic acids is 1. The van der Waals surface area contributed by atoms with Crippen molar-refractivity contribution in [2.45, 2.75) is 70.1 Å². The lowest BCUT2D eigenvalue weighted by molar-refractivity contribution is -0.144. The molecule has 2 saturated heterocycles. The maximum atomic E-state index is 12.3. The minimum absolute atomic E-state index is 0.0635. The minimum atomic E-state index is -1.96. The van der Waals surface area contributed by atoms with Gasteiger partial charge in [-0.3, -0.25) is 4.79 Å². The normalized spacial score (nSPS) is 44.3. The molecule has 1 spiro atoms. The molecule has 1 N–H and O–H groups in total. The average molecular weight is 328 g/mol. The van der Waals surface area contributed by atoms with Gasteiger partial charge < -0.3 is 19.0 Å². The number of ether oxygens (including phenoxy) is 2. The van der Waals surface area contributed by atoms with Gasteiger partial charge >= 0.3 is 5.97 Å². The summed E-state index contributed by atoms with van der Waals surface area (Å²) < 4.78 is 17.9. The van der Waals surface area contributed by atoms with Crippen molar-refractivity contribution in [2.24, 2.45) is 11.3 Å². The van der Waals surface area contributed by atoms with Crippen LogP contribution in [0.3, 0.4) is 0 Å². The van der Waals surface area contributed by atoms with Crippen LogP contribution in [-0.2, 0) is 18.7 Å². The number of esters is 1. The van der Waals surface area contributed by atoms with E-state index in [0.717, 1.165) is 0 Å². The van der Waals surface area contributed by atoms with Crippen LogP contribution in [0, 0.1) is 11.3 Å². The van der Waals surface area contributed by atoms with Crippen molar-refractivity contribution < 1.29 is 23.8 Å². The van der Waals surface area contributed by atoms with E-state index in [0.29, 0.717) is 13.0 Å². The molecule has 3 aliphatic rings. The standard InChI is InChI=1S/C16H28O5Si/c1-14(2,3)22(5,6)21-11-7-10-15(4,8-17)12(13(18)20-10)16(11)9-19-16/h10-12,17H,7-9H2,1-6H3/t10-,11+,12-,15+,16-/m0/s1. The Balaban J connectivity index is 1.90. The van der Waals surface area contributed by atoms with Crippen molar-refractivity contribution in [3.8, 4) is 0 Å². The van der Waals surface area contributed by atoms with Crippen molar-refractivity contribution in [1.29, 1.82) is 0 Å². The van der Waals surface area contributed by atoms with Gasteiger partial charge in [0.1, 0.15) is 17.6 Å². The van der Waals surface area contributed by atoms with E-state index in [1.807, 2.05) is 6.92 Å². The second-order valence-corrected chi connectivity index (χ2v) is 13.6. The van der Waals surface area contributed by atoms with Crippen LogP contribution in [0.25, 0.3) is 0 Å². The summed E-state index contributed by atoms with van der Waals surface area (Å²) in [5.74, 6) is -0.654. The zero-order valence-corrected chi connectivity index (χ0v) is 15.4. The van der Waals surface area contributed by atoms with Crippen molar-refractivity contribution in [1.82, 2.24) is 0 Å². The van der Waals surface area contributed by atoms with Crippen LogP contribution >= 0.6 is 0 Å². The molecule has 5 nitrogen and oxygen atoms in total. The summed E-state index contributed by atoms with van der Waals surface area (Å²) in [6.07, 6.45) is 0.222. The second kappa shape index (κ2) is 4.56. The first-order valence-corrected chi connectivity index (χ1v) is 11.0. The Labute approximate surface area is 133 Å². The van der Waals surface area contributed by atoms with Gasteiger partial charge in [-0.1, -0.05) is 27.7 Å². The second-order valence-electron chi connectivity index (χ2n) is 8.87. The van der Waals surface area contributed by atoms with Crippen LogP contribution in [0.1, 0.15) is 34.1 Å². The van der Waals surface area contributed by atoms with Crippen molar-refractivity contribution in [3.05, 3.63) is 0 Å². The first-order valence-electron chi connectivity index (χ1n) is 8.11. The summed E-state index contributed by atoms with van der Waals surface area (Å²) in [6.45, 7) is 13.4. The SMILES string of the molecule is CC(C)(C)[Si](C)(C)O[C@@H]1C[C@@H]2OC(=O)[C@@H]([C@]2(C)CO)[C@]12CO2. The van der Waals surface area contributed by atoms with Gasteiger partial charge in [-0.15, -0.1) is 0 Å². The first kappa shape index (κ1) is 16.4. The van der Waals surface area contributed by atoms with Gasteiger partial charge in [0.25, 0.3) is 0 Å². The Morgan fingerprint density at radius 1 is 1.41 bits per heavy atom. The number of fused-ring (bicyclic) bond motifs is 3. The number of hydrogen-bond acceptors (Lipinski definition) is 5. The number of hydrogen-bond donors (Lipinski definition) is 1. The Kier molecular flexibility index (Phi) is 3.40.